The number of hydrogen-bond donors (Lipinski definition) is 0. The van der Waals surface area contributed by atoms with Crippen molar-refractivity contribution in [2.75, 3.05) is 19.0 Å². The summed E-state index contributed by atoms with van der Waals surface area (Å²) in [6.45, 7) is 4.39. The molecule has 3 aromatic rings. The molecule has 118 valence electrons. The normalized spacial score (nSPS) is 11.7. The standard InChI is InChI=1S/C18H20N4S/c1-12(2)13-5-10-16-17(11-13)23-18(19-16)21-20-14-6-8-15(9-7-14)22(3)4/h5-12H,1-4H3. The lowest BCUT2D eigenvalue weighted by Crippen LogP contribution is -2.07. The van der Waals surface area contributed by atoms with Gasteiger partial charge in [0.2, 0.25) is 5.13 Å². The molecule has 0 fully saturated rings. The van der Waals surface area contributed by atoms with Gasteiger partial charge in [0.25, 0.3) is 0 Å². The van der Waals surface area contributed by atoms with E-state index < -0.39 is 0 Å². The molecule has 0 unspecified atom stereocenters. The first-order chi connectivity index (χ1) is 11.0. The number of thiazole rings is 1. The van der Waals surface area contributed by atoms with Crippen molar-refractivity contribution in [1.29, 1.82) is 0 Å². The molecule has 0 spiro atoms. The van der Waals surface area contributed by atoms with Crippen LogP contribution in [0.5, 0.6) is 0 Å². The fraction of sp³-hybridized carbons (Fsp3) is 0.278. The molecule has 2 aromatic carbocycles. The van der Waals surface area contributed by atoms with Gasteiger partial charge in [0.05, 0.1) is 15.9 Å². The number of aromatic nitrogens is 1. The molecular weight excluding hydrogens is 304 g/mol. The molecule has 0 bridgehead atoms. The first-order valence-electron chi connectivity index (χ1n) is 7.62. The number of hydrogen-bond acceptors (Lipinski definition) is 5. The van der Waals surface area contributed by atoms with Crippen molar-refractivity contribution in [3.8, 4) is 0 Å². The smallest absolute Gasteiger partial charge is 0.231 e. The minimum atomic E-state index is 0.516. The van der Waals surface area contributed by atoms with Gasteiger partial charge < -0.3 is 4.90 Å². The minimum absolute atomic E-state index is 0.516. The van der Waals surface area contributed by atoms with E-state index in [0.29, 0.717) is 11.0 Å². The van der Waals surface area contributed by atoms with Crippen LogP contribution in [0.1, 0.15) is 25.3 Å². The van der Waals surface area contributed by atoms with Crippen LogP contribution in [-0.4, -0.2) is 19.1 Å². The van der Waals surface area contributed by atoms with Gasteiger partial charge in [0.15, 0.2) is 0 Å². The summed E-state index contributed by atoms with van der Waals surface area (Å²) in [5, 5.41) is 9.26. The van der Waals surface area contributed by atoms with E-state index in [9.17, 15) is 0 Å². The van der Waals surface area contributed by atoms with Crippen molar-refractivity contribution >= 4 is 38.1 Å². The summed E-state index contributed by atoms with van der Waals surface area (Å²) >= 11 is 1.58. The minimum Gasteiger partial charge on any atom is -0.378 e. The molecule has 0 aliphatic rings. The third-order valence-corrected chi connectivity index (χ3v) is 4.59. The summed E-state index contributed by atoms with van der Waals surface area (Å²) in [5.41, 5.74) is 4.28. The average molecular weight is 324 g/mol. The lowest BCUT2D eigenvalue weighted by Gasteiger charge is -2.11. The van der Waals surface area contributed by atoms with Crippen LogP contribution in [0.15, 0.2) is 52.7 Å². The Morgan fingerprint density at radius 2 is 1.74 bits per heavy atom. The Labute approximate surface area is 140 Å². The third-order valence-electron chi connectivity index (χ3n) is 3.68. The summed E-state index contributed by atoms with van der Waals surface area (Å²) < 4.78 is 1.16. The van der Waals surface area contributed by atoms with Gasteiger partial charge in [-0.05, 0) is 47.9 Å². The maximum Gasteiger partial charge on any atom is 0.231 e. The van der Waals surface area contributed by atoms with Gasteiger partial charge in [0, 0.05) is 19.8 Å². The number of fused-ring (bicyclic) bond motifs is 1. The van der Waals surface area contributed by atoms with Crippen molar-refractivity contribution in [3.05, 3.63) is 48.0 Å². The summed E-state index contributed by atoms with van der Waals surface area (Å²) in [6.07, 6.45) is 0. The average Bonchev–Trinajstić information content (AvgIpc) is 2.95. The van der Waals surface area contributed by atoms with Gasteiger partial charge in [-0.15, -0.1) is 10.2 Å². The Morgan fingerprint density at radius 1 is 1.00 bits per heavy atom. The van der Waals surface area contributed by atoms with Crippen LogP contribution in [0.2, 0.25) is 0 Å². The van der Waals surface area contributed by atoms with E-state index >= 15 is 0 Å². The number of benzene rings is 2. The number of azo groups is 1. The van der Waals surface area contributed by atoms with Crippen LogP contribution < -0.4 is 4.90 Å². The second-order valence-electron chi connectivity index (χ2n) is 5.99. The highest BCUT2D eigenvalue weighted by Gasteiger charge is 2.06. The molecule has 0 aliphatic carbocycles. The van der Waals surface area contributed by atoms with Gasteiger partial charge in [-0.25, -0.2) is 4.98 Å². The summed E-state index contributed by atoms with van der Waals surface area (Å²) in [7, 11) is 4.03. The van der Waals surface area contributed by atoms with Crippen molar-refractivity contribution in [2.24, 2.45) is 10.2 Å². The van der Waals surface area contributed by atoms with Crippen LogP contribution in [0.4, 0.5) is 16.5 Å². The molecule has 0 saturated carbocycles. The molecule has 0 saturated heterocycles. The summed E-state index contributed by atoms with van der Waals surface area (Å²) in [6, 6.07) is 14.4. The predicted octanol–water partition coefficient (Wildman–Crippen LogP) is 5.90. The highest BCUT2D eigenvalue weighted by molar-refractivity contribution is 7.21. The van der Waals surface area contributed by atoms with E-state index in [1.54, 1.807) is 11.3 Å². The van der Waals surface area contributed by atoms with E-state index in [0.717, 1.165) is 21.6 Å². The third kappa shape index (κ3) is 3.56. The van der Waals surface area contributed by atoms with Gasteiger partial charge in [-0.1, -0.05) is 31.3 Å². The molecule has 0 amide bonds. The molecule has 23 heavy (non-hydrogen) atoms. The highest BCUT2D eigenvalue weighted by atomic mass is 32.1. The molecule has 1 heterocycles. The van der Waals surface area contributed by atoms with E-state index in [4.69, 9.17) is 0 Å². The number of nitrogens with zero attached hydrogens (tertiary/aromatic N) is 4. The van der Waals surface area contributed by atoms with Gasteiger partial charge in [-0.2, -0.15) is 0 Å². The molecule has 5 heteroatoms. The van der Waals surface area contributed by atoms with Crippen molar-refractivity contribution < 1.29 is 0 Å². The first-order valence-corrected chi connectivity index (χ1v) is 8.44. The maximum atomic E-state index is 4.52. The molecule has 4 nitrogen and oxygen atoms in total. The van der Waals surface area contributed by atoms with Crippen molar-refractivity contribution in [3.63, 3.8) is 0 Å². The second kappa shape index (κ2) is 6.46. The van der Waals surface area contributed by atoms with Crippen molar-refractivity contribution in [2.45, 2.75) is 19.8 Å². The Hall–Kier alpha value is -2.27. The predicted molar refractivity (Wildman–Crippen MR) is 98.7 cm³/mol. The molecule has 1 aromatic heterocycles. The lowest BCUT2D eigenvalue weighted by molar-refractivity contribution is 0.869. The molecule has 0 radical (unpaired) electrons. The van der Waals surface area contributed by atoms with Gasteiger partial charge >= 0.3 is 0 Å². The van der Waals surface area contributed by atoms with Crippen LogP contribution >= 0.6 is 11.3 Å². The lowest BCUT2D eigenvalue weighted by atomic mass is 10.0. The Bertz CT molecular complexity index is 832. The van der Waals surface area contributed by atoms with Gasteiger partial charge in [0.1, 0.15) is 0 Å². The van der Waals surface area contributed by atoms with E-state index in [2.05, 4.69) is 52.2 Å². The topological polar surface area (TPSA) is 40.9 Å². The molecule has 0 atom stereocenters. The zero-order chi connectivity index (χ0) is 16.4. The van der Waals surface area contributed by atoms with Gasteiger partial charge in [-0.3, -0.25) is 0 Å². The maximum absolute atomic E-state index is 4.52. The zero-order valence-electron chi connectivity index (χ0n) is 13.8. The van der Waals surface area contributed by atoms with Crippen LogP contribution in [0.3, 0.4) is 0 Å². The van der Waals surface area contributed by atoms with E-state index in [1.807, 2.05) is 38.4 Å². The van der Waals surface area contributed by atoms with E-state index in [1.165, 1.54) is 5.56 Å². The quantitative estimate of drug-likeness (QED) is 0.560. The van der Waals surface area contributed by atoms with Crippen LogP contribution in [0.25, 0.3) is 10.2 Å². The SMILES string of the molecule is CC(C)c1ccc2nc(N=Nc3ccc(N(C)C)cc3)sc2c1. The molecule has 0 aliphatic heterocycles. The zero-order valence-corrected chi connectivity index (χ0v) is 14.6. The van der Waals surface area contributed by atoms with Crippen LogP contribution in [-0.2, 0) is 0 Å². The molecular formula is C18H20N4S. The fourth-order valence-electron chi connectivity index (χ4n) is 2.25. The second-order valence-corrected chi connectivity index (χ2v) is 7.00. The molecule has 0 N–H and O–H groups in total. The number of rotatable bonds is 4. The summed E-state index contributed by atoms with van der Waals surface area (Å²) in [4.78, 5) is 6.58. The van der Waals surface area contributed by atoms with Crippen LogP contribution in [0, 0.1) is 0 Å². The van der Waals surface area contributed by atoms with E-state index in [-0.39, 0.29) is 0 Å². The summed E-state index contributed by atoms with van der Waals surface area (Å²) in [5.74, 6) is 0.516. The Kier molecular flexibility index (Phi) is 4.39. The highest BCUT2D eigenvalue weighted by Crippen LogP contribution is 2.31. The molecule has 3 rings (SSSR count). The van der Waals surface area contributed by atoms with Crippen molar-refractivity contribution in [1.82, 2.24) is 4.98 Å². The Balaban J connectivity index is 1.83. The Morgan fingerprint density at radius 3 is 2.39 bits per heavy atom. The first kappa shape index (κ1) is 15.6. The fourth-order valence-corrected chi connectivity index (χ4v) is 3.08. The number of anilines is 1. The monoisotopic (exact) mass is 324 g/mol. The largest absolute Gasteiger partial charge is 0.378 e.